The Labute approximate surface area is 123 Å². The second-order valence-corrected chi connectivity index (χ2v) is 5.62. The van der Waals surface area contributed by atoms with E-state index in [1.54, 1.807) is 11.3 Å². The molecule has 0 amide bonds. The van der Waals surface area contributed by atoms with Gasteiger partial charge in [0.05, 0.1) is 10.6 Å². The molecule has 0 atom stereocenters. The summed E-state index contributed by atoms with van der Waals surface area (Å²) in [5, 5.41) is 10.4. The molecular formula is C18H15NS. The van der Waals surface area contributed by atoms with Crippen LogP contribution in [0.3, 0.4) is 0 Å². The van der Waals surface area contributed by atoms with Gasteiger partial charge in [0.2, 0.25) is 0 Å². The summed E-state index contributed by atoms with van der Waals surface area (Å²) in [7, 11) is 0. The number of benzene rings is 2. The van der Waals surface area contributed by atoms with Gasteiger partial charge < -0.3 is 0 Å². The Bertz CT molecular complexity index is 699. The number of thiophene rings is 1. The van der Waals surface area contributed by atoms with Crippen LogP contribution in [0.5, 0.6) is 0 Å². The van der Waals surface area contributed by atoms with Crippen molar-refractivity contribution in [3.05, 3.63) is 93.7 Å². The highest BCUT2D eigenvalue weighted by molar-refractivity contribution is 7.12. The van der Waals surface area contributed by atoms with E-state index in [0.29, 0.717) is 5.71 Å². The summed E-state index contributed by atoms with van der Waals surface area (Å²) in [4.78, 5) is 1.02. The molecule has 1 aromatic heterocycles. The van der Waals surface area contributed by atoms with Crippen LogP contribution in [0.4, 0.5) is 0 Å². The highest BCUT2D eigenvalue weighted by Crippen LogP contribution is 2.20. The van der Waals surface area contributed by atoms with Gasteiger partial charge in [0.1, 0.15) is 0 Å². The van der Waals surface area contributed by atoms with Crippen molar-refractivity contribution in [2.75, 3.05) is 0 Å². The van der Waals surface area contributed by atoms with Gasteiger partial charge in [0.15, 0.2) is 0 Å². The zero-order valence-electron chi connectivity index (χ0n) is 11.0. The Morgan fingerprint density at radius 3 is 2.35 bits per heavy atom. The van der Waals surface area contributed by atoms with E-state index >= 15 is 0 Å². The summed E-state index contributed by atoms with van der Waals surface area (Å²) in [5.41, 5.74) is 4.13. The fourth-order valence-electron chi connectivity index (χ4n) is 2.29. The maximum Gasteiger partial charge on any atom is 0.0787 e. The summed E-state index contributed by atoms with van der Waals surface area (Å²) in [6, 6.07) is 22.6. The van der Waals surface area contributed by atoms with Crippen LogP contribution < -0.4 is 0 Å². The average molecular weight is 277 g/mol. The van der Waals surface area contributed by atoms with Crippen molar-refractivity contribution in [3.63, 3.8) is 0 Å². The van der Waals surface area contributed by atoms with E-state index in [9.17, 15) is 0 Å². The van der Waals surface area contributed by atoms with Gasteiger partial charge in [0.25, 0.3) is 0 Å². The lowest BCUT2D eigenvalue weighted by molar-refractivity contribution is 1.18. The third-order valence-corrected chi connectivity index (χ3v) is 4.18. The summed E-state index contributed by atoms with van der Waals surface area (Å²) in [6.07, 6.45) is 0.866. The molecule has 20 heavy (non-hydrogen) atoms. The van der Waals surface area contributed by atoms with Crippen LogP contribution in [-0.4, -0.2) is 5.71 Å². The number of rotatable bonds is 4. The molecule has 0 spiro atoms. The monoisotopic (exact) mass is 277 g/mol. The minimum absolute atomic E-state index is 0.617. The first-order valence-corrected chi connectivity index (χ1v) is 7.47. The number of hydrogen-bond donors (Lipinski definition) is 1. The second kappa shape index (κ2) is 5.85. The molecule has 0 saturated heterocycles. The van der Waals surface area contributed by atoms with Gasteiger partial charge in [-0.1, -0.05) is 60.7 Å². The molecule has 0 fully saturated rings. The zero-order valence-corrected chi connectivity index (χ0v) is 11.9. The van der Waals surface area contributed by atoms with Crippen molar-refractivity contribution >= 4 is 17.0 Å². The normalized spacial score (nSPS) is 10.4. The van der Waals surface area contributed by atoms with Crippen molar-refractivity contribution in [1.82, 2.24) is 0 Å². The lowest BCUT2D eigenvalue weighted by atomic mass is 9.96. The molecule has 2 heteroatoms. The van der Waals surface area contributed by atoms with Crippen LogP contribution in [0, 0.1) is 5.41 Å². The molecule has 1 heterocycles. The van der Waals surface area contributed by atoms with Gasteiger partial charge in [-0.05, 0) is 29.0 Å². The van der Waals surface area contributed by atoms with E-state index in [-0.39, 0.29) is 0 Å². The molecule has 0 bridgehead atoms. The quantitative estimate of drug-likeness (QED) is 0.665. The zero-order chi connectivity index (χ0) is 13.8. The van der Waals surface area contributed by atoms with Crippen molar-refractivity contribution in [3.8, 4) is 0 Å². The van der Waals surface area contributed by atoms with E-state index in [1.807, 2.05) is 41.8 Å². The topological polar surface area (TPSA) is 23.9 Å². The molecule has 3 rings (SSSR count). The molecule has 3 aromatic rings. The smallest absolute Gasteiger partial charge is 0.0787 e. The summed E-state index contributed by atoms with van der Waals surface area (Å²) in [6.45, 7) is 0. The second-order valence-electron chi connectivity index (χ2n) is 4.67. The molecule has 2 aromatic carbocycles. The van der Waals surface area contributed by atoms with Crippen LogP contribution in [0.1, 0.15) is 21.6 Å². The van der Waals surface area contributed by atoms with E-state index in [2.05, 4.69) is 30.3 Å². The van der Waals surface area contributed by atoms with Crippen LogP contribution in [0.25, 0.3) is 0 Å². The van der Waals surface area contributed by atoms with Gasteiger partial charge in [-0.15, -0.1) is 11.3 Å². The van der Waals surface area contributed by atoms with Crippen LogP contribution in [0.15, 0.2) is 72.1 Å². The Morgan fingerprint density at radius 2 is 1.60 bits per heavy atom. The summed E-state index contributed by atoms with van der Waals surface area (Å²) < 4.78 is 0. The highest BCUT2D eigenvalue weighted by atomic mass is 32.1. The first-order chi connectivity index (χ1) is 9.84. The van der Waals surface area contributed by atoms with Gasteiger partial charge in [0, 0.05) is 5.56 Å². The van der Waals surface area contributed by atoms with Crippen molar-refractivity contribution in [1.29, 1.82) is 5.41 Å². The Morgan fingerprint density at radius 1 is 0.850 bits per heavy atom. The molecular weight excluding hydrogens is 262 g/mol. The van der Waals surface area contributed by atoms with Gasteiger partial charge >= 0.3 is 0 Å². The number of hydrogen-bond acceptors (Lipinski definition) is 2. The third-order valence-electron chi connectivity index (χ3n) is 3.29. The molecule has 0 saturated carbocycles. The SMILES string of the molecule is N=C(c1cccs1)c1ccccc1Cc1ccccc1. The molecule has 0 aliphatic heterocycles. The Balaban J connectivity index is 1.95. The van der Waals surface area contributed by atoms with Crippen molar-refractivity contribution in [2.24, 2.45) is 0 Å². The van der Waals surface area contributed by atoms with Crippen molar-refractivity contribution < 1.29 is 0 Å². The minimum atomic E-state index is 0.617. The van der Waals surface area contributed by atoms with Crippen molar-refractivity contribution in [2.45, 2.75) is 6.42 Å². The predicted molar refractivity (Wildman–Crippen MR) is 85.9 cm³/mol. The third kappa shape index (κ3) is 2.70. The molecule has 0 radical (unpaired) electrons. The van der Waals surface area contributed by atoms with Crippen LogP contribution >= 0.6 is 11.3 Å². The summed E-state index contributed by atoms with van der Waals surface area (Å²) in [5.74, 6) is 0. The first-order valence-electron chi connectivity index (χ1n) is 6.59. The Hall–Kier alpha value is -2.19. The summed E-state index contributed by atoms with van der Waals surface area (Å²) >= 11 is 1.62. The average Bonchev–Trinajstić information content (AvgIpc) is 3.02. The lowest BCUT2D eigenvalue weighted by Crippen LogP contribution is -2.04. The van der Waals surface area contributed by atoms with Gasteiger partial charge in [-0.3, -0.25) is 5.41 Å². The fraction of sp³-hybridized carbons (Fsp3) is 0.0556. The van der Waals surface area contributed by atoms with Gasteiger partial charge in [-0.25, -0.2) is 0 Å². The van der Waals surface area contributed by atoms with E-state index < -0.39 is 0 Å². The molecule has 0 unspecified atom stereocenters. The van der Waals surface area contributed by atoms with E-state index in [4.69, 9.17) is 5.41 Å². The molecule has 98 valence electrons. The van der Waals surface area contributed by atoms with E-state index in [0.717, 1.165) is 16.9 Å². The van der Waals surface area contributed by atoms with Crippen LogP contribution in [0.2, 0.25) is 0 Å². The standard InChI is InChI=1S/C18H15NS/c19-18(17-11-6-12-20-17)16-10-5-4-9-15(16)13-14-7-2-1-3-8-14/h1-12,19H,13H2. The maximum atomic E-state index is 8.40. The largest absolute Gasteiger partial charge is 0.299 e. The highest BCUT2D eigenvalue weighted by Gasteiger charge is 2.10. The van der Waals surface area contributed by atoms with Crippen LogP contribution in [-0.2, 0) is 6.42 Å². The fourth-order valence-corrected chi connectivity index (χ4v) is 2.98. The minimum Gasteiger partial charge on any atom is -0.299 e. The molecule has 0 aliphatic rings. The van der Waals surface area contributed by atoms with E-state index in [1.165, 1.54) is 11.1 Å². The number of nitrogens with one attached hydrogen (secondary N) is 1. The first kappa shape index (κ1) is 12.8. The predicted octanol–water partition coefficient (Wildman–Crippen LogP) is 4.76. The Kier molecular flexibility index (Phi) is 3.75. The van der Waals surface area contributed by atoms with Gasteiger partial charge in [-0.2, -0.15) is 0 Å². The maximum absolute atomic E-state index is 8.40. The molecule has 0 aliphatic carbocycles. The molecule has 1 nitrogen and oxygen atoms in total. The lowest BCUT2D eigenvalue weighted by Gasteiger charge is -2.10. The molecule has 1 N–H and O–H groups in total.